The fraction of sp³-hybridized carbons (Fsp3) is 0.857. The fourth-order valence-corrected chi connectivity index (χ4v) is 1.36. The molecule has 1 aliphatic rings. The van der Waals surface area contributed by atoms with Crippen LogP contribution >= 0.6 is 0 Å². The zero-order valence-electron chi connectivity index (χ0n) is 5.79. The Labute approximate surface area is 59.7 Å². The summed E-state index contributed by atoms with van der Waals surface area (Å²) in [5.41, 5.74) is 0. The van der Waals surface area contributed by atoms with Crippen LogP contribution in [0.5, 0.6) is 0 Å². The molecule has 0 aromatic rings. The van der Waals surface area contributed by atoms with Gasteiger partial charge in [0.05, 0.1) is 5.92 Å². The van der Waals surface area contributed by atoms with Gasteiger partial charge in [-0.2, -0.15) is 0 Å². The van der Waals surface area contributed by atoms with Crippen LogP contribution in [0, 0.1) is 11.8 Å². The maximum absolute atomic E-state index is 10.3. The number of aliphatic carboxylic acids is 1. The average Bonchev–Trinajstić information content (AvgIpc) is 1.76. The molecule has 0 aromatic heterocycles. The van der Waals surface area contributed by atoms with Crippen LogP contribution in [-0.2, 0) is 4.79 Å². The first-order chi connectivity index (χ1) is 4.74. The molecule has 0 unspecified atom stereocenters. The lowest BCUT2D eigenvalue weighted by Crippen LogP contribution is -2.30. The zero-order valence-corrected chi connectivity index (χ0v) is 5.79. The van der Waals surface area contributed by atoms with Gasteiger partial charge in [0, 0.05) is 6.61 Å². The summed E-state index contributed by atoms with van der Waals surface area (Å²) in [7, 11) is 0. The van der Waals surface area contributed by atoms with Crippen molar-refractivity contribution in [2.45, 2.75) is 19.3 Å². The lowest BCUT2D eigenvalue weighted by Gasteiger charge is -2.31. The Hall–Kier alpha value is -0.570. The van der Waals surface area contributed by atoms with E-state index in [4.69, 9.17) is 10.2 Å². The predicted octanol–water partition coefficient (Wildman–Crippen LogP) is 0.480. The summed E-state index contributed by atoms with van der Waals surface area (Å²) in [5.74, 6) is -0.350. The molecule has 58 valence electrons. The van der Waals surface area contributed by atoms with Gasteiger partial charge in [0.2, 0.25) is 0 Å². The summed E-state index contributed by atoms with van der Waals surface area (Å²) < 4.78 is 0. The van der Waals surface area contributed by atoms with Crippen LogP contribution in [0.1, 0.15) is 19.3 Å². The van der Waals surface area contributed by atoms with Crippen molar-refractivity contribution in [2.75, 3.05) is 6.61 Å². The van der Waals surface area contributed by atoms with Gasteiger partial charge in [0.15, 0.2) is 0 Å². The first-order valence-electron chi connectivity index (χ1n) is 3.57. The van der Waals surface area contributed by atoms with Crippen molar-refractivity contribution in [3.63, 3.8) is 0 Å². The Kier molecular flexibility index (Phi) is 2.27. The molecule has 1 saturated carbocycles. The third-order valence-electron chi connectivity index (χ3n) is 2.12. The summed E-state index contributed by atoms with van der Waals surface area (Å²) in [6.45, 7) is 0.191. The summed E-state index contributed by atoms with van der Waals surface area (Å²) in [5, 5.41) is 16.9. The topological polar surface area (TPSA) is 57.5 Å². The molecule has 0 atom stereocenters. The van der Waals surface area contributed by atoms with Crippen molar-refractivity contribution in [1.82, 2.24) is 0 Å². The minimum Gasteiger partial charge on any atom is -0.481 e. The van der Waals surface area contributed by atoms with Gasteiger partial charge in [-0.15, -0.1) is 0 Å². The Morgan fingerprint density at radius 2 is 2.10 bits per heavy atom. The van der Waals surface area contributed by atoms with Crippen LogP contribution in [0.4, 0.5) is 0 Å². The van der Waals surface area contributed by atoms with Gasteiger partial charge in [0.25, 0.3) is 0 Å². The molecule has 10 heavy (non-hydrogen) atoms. The van der Waals surface area contributed by atoms with E-state index in [0.29, 0.717) is 5.92 Å². The number of carboxylic acid groups (broad SMARTS) is 1. The highest BCUT2D eigenvalue weighted by atomic mass is 16.4. The van der Waals surface area contributed by atoms with Gasteiger partial charge in [-0.3, -0.25) is 4.79 Å². The molecule has 1 fully saturated rings. The van der Waals surface area contributed by atoms with Crippen LogP contribution in [0.25, 0.3) is 0 Å². The molecule has 0 bridgehead atoms. The number of hydrogen-bond acceptors (Lipinski definition) is 2. The van der Waals surface area contributed by atoms with Crippen LogP contribution in [0.3, 0.4) is 0 Å². The van der Waals surface area contributed by atoms with Gasteiger partial charge < -0.3 is 10.2 Å². The molecular formula is C7H12O3. The molecule has 0 spiro atoms. The van der Waals surface area contributed by atoms with Crippen LogP contribution in [-0.4, -0.2) is 22.8 Å². The van der Waals surface area contributed by atoms with Crippen LogP contribution in [0.2, 0.25) is 0 Å². The zero-order chi connectivity index (χ0) is 7.56. The molecule has 2 N–H and O–H groups in total. The maximum atomic E-state index is 10.3. The van der Waals surface area contributed by atoms with E-state index in [1.165, 1.54) is 0 Å². The van der Waals surface area contributed by atoms with Gasteiger partial charge in [-0.25, -0.2) is 0 Å². The molecule has 1 aliphatic carbocycles. The van der Waals surface area contributed by atoms with E-state index in [1.54, 1.807) is 0 Å². The SMILES string of the molecule is O=C(O)C1CC(CCO)C1. The van der Waals surface area contributed by atoms with Crippen molar-refractivity contribution in [3.05, 3.63) is 0 Å². The Bertz CT molecular complexity index is 127. The van der Waals surface area contributed by atoms with E-state index in [0.717, 1.165) is 19.3 Å². The predicted molar refractivity (Wildman–Crippen MR) is 35.6 cm³/mol. The molecule has 0 saturated heterocycles. The van der Waals surface area contributed by atoms with E-state index in [-0.39, 0.29) is 12.5 Å². The van der Waals surface area contributed by atoms with E-state index in [1.807, 2.05) is 0 Å². The van der Waals surface area contributed by atoms with E-state index < -0.39 is 5.97 Å². The molecule has 0 aliphatic heterocycles. The van der Waals surface area contributed by atoms with E-state index in [9.17, 15) is 4.79 Å². The summed E-state index contributed by atoms with van der Waals surface area (Å²) in [6.07, 6.45) is 2.29. The molecular weight excluding hydrogens is 132 g/mol. The van der Waals surface area contributed by atoms with E-state index >= 15 is 0 Å². The van der Waals surface area contributed by atoms with Crippen molar-refractivity contribution in [1.29, 1.82) is 0 Å². The maximum Gasteiger partial charge on any atom is 0.306 e. The molecule has 0 heterocycles. The van der Waals surface area contributed by atoms with Gasteiger partial charge in [-0.05, 0) is 25.2 Å². The monoisotopic (exact) mass is 144 g/mol. The number of carbonyl (C=O) groups is 1. The lowest BCUT2D eigenvalue weighted by molar-refractivity contribution is -0.146. The third-order valence-corrected chi connectivity index (χ3v) is 2.12. The standard InChI is InChI=1S/C7H12O3/c8-2-1-5-3-6(4-5)7(9)10/h5-6,8H,1-4H2,(H,9,10). The van der Waals surface area contributed by atoms with Gasteiger partial charge in [-0.1, -0.05) is 0 Å². The Morgan fingerprint density at radius 1 is 1.50 bits per heavy atom. The summed E-state index contributed by atoms with van der Waals surface area (Å²) >= 11 is 0. The van der Waals surface area contributed by atoms with Gasteiger partial charge >= 0.3 is 5.97 Å². The van der Waals surface area contributed by atoms with Crippen molar-refractivity contribution in [3.8, 4) is 0 Å². The van der Waals surface area contributed by atoms with Crippen LogP contribution in [0.15, 0.2) is 0 Å². The smallest absolute Gasteiger partial charge is 0.306 e. The molecule has 0 radical (unpaired) electrons. The van der Waals surface area contributed by atoms with E-state index in [2.05, 4.69) is 0 Å². The number of carboxylic acids is 1. The number of hydrogen-bond donors (Lipinski definition) is 2. The summed E-state index contributed by atoms with van der Waals surface area (Å²) in [6, 6.07) is 0. The second-order valence-electron chi connectivity index (χ2n) is 2.88. The number of aliphatic hydroxyl groups excluding tert-OH is 1. The molecule has 0 aromatic carbocycles. The fourth-order valence-electron chi connectivity index (χ4n) is 1.36. The van der Waals surface area contributed by atoms with Crippen molar-refractivity contribution in [2.24, 2.45) is 11.8 Å². The largest absolute Gasteiger partial charge is 0.481 e. The first-order valence-corrected chi connectivity index (χ1v) is 3.57. The van der Waals surface area contributed by atoms with Crippen LogP contribution < -0.4 is 0 Å². The molecule has 1 rings (SSSR count). The van der Waals surface area contributed by atoms with Crippen molar-refractivity contribution < 1.29 is 15.0 Å². The number of aliphatic hydroxyl groups is 1. The highest BCUT2D eigenvalue weighted by Gasteiger charge is 2.33. The third kappa shape index (κ3) is 1.48. The quantitative estimate of drug-likeness (QED) is 0.605. The molecule has 3 nitrogen and oxygen atoms in total. The highest BCUT2D eigenvalue weighted by molar-refractivity contribution is 5.71. The van der Waals surface area contributed by atoms with Gasteiger partial charge in [0.1, 0.15) is 0 Å². The Balaban J connectivity index is 2.12. The highest BCUT2D eigenvalue weighted by Crippen LogP contribution is 2.35. The molecule has 0 amide bonds. The minimum atomic E-state index is -0.686. The average molecular weight is 144 g/mol. The van der Waals surface area contributed by atoms with Crippen molar-refractivity contribution >= 4 is 5.97 Å². The minimum absolute atomic E-state index is 0.128. The number of rotatable bonds is 3. The molecule has 3 heteroatoms. The second kappa shape index (κ2) is 3.01. The summed E-state index contributed by atoms with van der Waals surface area (Å²) in [4.78, 5) is 10.3. The second-order valence-corrected chi connectivity index (χ2v) is 2.88. The lowest BCUT2D eigenvalue weighted by atomic mass is 9.73. The normalized spacial score (nSPS) is 31.3. The Morgan fingerprint density at radius 3 is 2.50 bits per heavy atom. The first kappa shape index (κ1) is 7.54.